The fraction of sp³-hybridized carbons (Fsp3) is 1.00. The summed E-state index contributed by atoms with van der Waals surface area (Å²) >= 11 is -1.09. The van der Waals surface area contributed by atoms with Gasteiger partial charge in [0.15, 0.2) is 0 Å². The molecule has 2 nitrogen and oxygen atoms in total. The first kappa shape index (κ1) is 19.5. The molecule has 0 saturated carbocycles. The van der Waals surface area contributed by atoms with Crippen LogP contribution in [0.25, 0.3) is 0 Å². The number of hydrogen-bond donors (Lipinski definition) is 0. The zero-order chi connectivity index (χ0) is 15.2. The highest BCUT2D eigenvalue weighted by Gasteiger charge is 2.29. The van der Waals surface area contributed by atoms with E-state index in [1.165, 1.54) is 10.6 Å². The van der Waals surface area contributed by atoms with E-state index in [-0.39, 0.29) is 6.23 Å². The van der Waals surface area contributed by atoms with Crippen LogP contribution in [0.3, 0.4) is 0 Å². The van der Waals surface area contributed by atoms with Crippen molar-refractivity contribution in [2.75, 3.05) is 0 Å². The average Bonchev–Trinajstić information content (AvgIpc) is 2.12. The third-order valence-corrected chi connectivity index (χ3v) is 7.19. The first-order valence-corrected chi connectivity index (χ1v) is 10.2. The molecule has 3 heteroatoms. The van der Waals surface area contributed by atoms with E-state index in [0.717, 1.165) is 11.8 Å². The molecule has 0 fully saturated rings. The fourth-order valence-electron chi connectivity index (χ4n) is 3.04. The van der Waals surface area contributed by atoms with Gasteiger partial charge in [0, 0.05) is 12.1 Å². The summed E-state index contributed by atoms with van der Waals surface area (Å²) in [7, 11) is 0. The van der Waals surface area contributed by atoms with Crippen molar-refractivity contribution >= 4 is 14.5 Å². The van der Waals surface area contributed by atoms with Gasteiger partial charge < -0.3 is 3.79 Å². The van der Waals surface area contributed by atoms with Gasteiger partial charge in [0.25, 0.3) is 0 Å². The topological polar surface area (TPSA) is 12.5 Å². The van der Waals surface area contributed by atoms with Crippen molar-refractivity contribution in [1.82, 2.24) is 4.90 Å². The second-order valence-electron chi connectivity index (χ2n) is 7.25. The highest BCUT2D eigenvalue weighted by molar-refractivity contribution is 6.52. The Morgan fingerprint density at radius 3 is 1.37 bits per heavy atom. The van der Waals surface area contributed by atoms with Gasteiger partial charge in [-0.2, -0.15) is 0 Å². The van der Waals surface area contributed by atoms with E-state index in [1.807, 2.05) is 0 Å². The van der Waals surface area contributed by atoms with E-state index >= 15 is 0 Å². The molecule has 1 unspecified atom stereocenters. The molecule has 1 atom stereocenters. The minimum Gasteiger partial charge on any atom is -0.487 e. The van der Waals surface area contributed by atoms with E-state index < -0.39 is 14.5 Å². The molecular weight excluding hydrogens is 249 g/mol. The van der Waals surface area contributed by atoms with Crippen LogP contribution in [-0.2, 0) is 3.79 Å². The van der Waals surface area contributed by atoms with Gasteiger partial charge in [0.05, 0.1) is 6.23 Å². The highest BCUT2D eigenvalue weighted by Crippen LogP contribution is 2.20. The van der Waals surface area contributed by atoms with Gasteiger partial charge >= 0.3 is 14.5 Å². The standard InChI is InChI=1S/C8H18NO.2C4H9.Al/c1-6(2)9(7(3)4)8(5)10;2*1-4(2)3;/h6-8H,1-5H3;2*4H,1H2,2-3H3;/q-1;;;+1. The van der Waals surface area contributed by atoms with Gasteiger partial charge in [-0.15, -0.1) is 0 Å². The molecule has 0 spiro atoms. The molecule has 0 aromatic carbocycles. The third kappa shape index (κ3) is 8.35. The maximum atomic E-state index is 6.52. The van der Waals surface area contributed by atoms with Crippen molar-refractivity contribution < 1.29 is 3.79 Å². The van der Waals surface area contributed by atoms with Crippen LogP contribution in [0.2, 0.25) is 10.6 Å². The summed E-state index contributed by atoms with van der Waals surface area (Å²) in [5.74, 6) is 1.52. The quantitative estimate of drug-likeness (QED) is 0.447. The van der Waals surface area contributed by atoms with Crippen molar-refractivity contribution in [1.29, 1.82) is 0 Å². The maximum absolute atomic E-state index is 6.52. The third-order valence-electron chi connectivity index (χ3n) is 3.47. The molecule has 0 bridgehead atoms. The zero-order valence-corrected chi connectivity index (χ0v) is 15.9. The second kappa shape index (κ2) is 9.40. The van der Waals surface area contributed by atoms with E-state index in [0.29, 0.717) is 12.1 Å². The van der Waals surface area contributed by atoms with Crippen LogP contribution in [-0.4, -0.2) is 37.7 Å². The first-order chi connectivity index (χ1) is 8.65. The number of hydrogen-bond acceptors (Lipinski definition) is 2. The molecule has 0 heterocycles. The second-order valence-corrected chi connectivity index (χ2v) is 9.71. The molecule has 19 heavy (non-hydrogen) atoms. The van der Waals surface area contributed by atoms with Crippen molar-refractivity contribution in [2.45, 2.75) is 91.2 Å². The molecule has 0 saturated heterocycles. The molecule has 0 aliphatic heterocycles. The van der Waals surface area contributed by atoms with Gasteiger partial charge in [-0.3, -0.25) is 4.90 Å². The Hall–Kier alpha value is 0.452. The lowest BCUT2D eigenvalue weighted by molar-refractivity contribution is -0.00901. The van der Waals surface area contributed by atoms with Crippen LogP contribution >= 0.6 is 0 Å². The molecule has 114 valence electrons. The monoisotopic (exact) mass is 285 g/mol. The molecule has 0 aliphatic carbocycles. The summed E-state index contributed by atoms with van der Waals surface area (Å²) in [5.41, 5.74) is 0. The normalized spacial score (nSPS) is 14.2. The molecule has 0 amide bonds. The Labute approximate surface area is 126 Å². The molecule has 0 aliphatic rings. The van der Waals surface area contributed by atoms with E-state index in [1.54, 1.807) is 0 Å². The van der Waals surface area contributed by atoms with Crippen LogP contribution in [0.5, 0.6) is 0 Å². The van der Waals surface area contributed by atoms with Crippen molar-refractivity contribution in [3.05, 3.63) is 0 Å². The summed E-state index contributed by atoms with van der Waals surface area (Å²) in [6.45, 7) is 20.6. The highest BCUT2D eigenvalue weighted by atomic mass is 27.2. The van der Waals surface area contributed by atoms with E-state index in [4.69, 9.17) is 3.79 Å². The Morgan fingerprint density at radius 2 is 1.11 bits per heavy atom. The Kier molecular flexibility index (Phi) is 9.62. The van der Waals surface area contributed by atoms with Gasteiger partial charge in [0.1, 0.15) is 0 Å². The van der Waals surface area contributed by atoms with Crippen LogP contribution in [0.4, 0.5) is 0 Å². The minimum absolute atomic E-state index is 0.258. The largest absolute Gasteiger partial charge is 0.487 e. The Balaban J connectivity index is 4.62. The molecule has 0 radical (unpaired) electrons. The molecule has 0 N–H and O–H groups in total. The summed E-state index contributed by atoms with van der Waals surface area (Å²) in [5, 5.41) is 2.60. The molecule has 0 rings (SSSR count). The van der Waals surface area contributed by atoms with Crippen LogP contribution in [0, 0.1) is 11.8 Å². The van der Waals surface area contributed by atoms with Gasteiger partial charge in [-0.25, -0.2) is 0 Å². The lowest BCUT2D eigenvalue weighted by atomic mass is 10.2. The van der Waals surface area contributed by atoms with E-state index in [9.17, 15) is 0 Å². The average molecular weight is 285 g/mol. The Bertz CT molecular complexity index is 211. The predicted octanol–water partition coefficient (Wildman–Crippen LogP) is 4.77. The van der Waals surface area contributed by atoms with Gasteiger partial charge in [0.2, 0.25) is 0 Å². The number of rotatable bonds is 9. The fourth-order valence-corrected chi connectivity index (χ4v) is 6.26. The summed E-state index contributed by atoms with van der Waals surface area (Å²) in [6.07, 6.45) is 0.258. The molecule has 0 aromatic rings. The lowest BCUT2D eigenvalue weighted by Gasteiger charge is -2.38. The molecule has 0 aromatic heterocycles. The first-order valence-electron chi connectivity index (χ1n) is 8.08. The van der Waals surface area contributed by atoms with Crippen molar-refractivity contribution in [2.24, 2.45) is 11.8 Å². The lowest BCUT2D eigenvalue weighted by Crippen LogP contribution is -2.47. The summed E-state index contributed by atoms with van der Waals surface area (Å²) in [4.78, 5) is 2.49. The summed E-state index contributed by atoms with van der Waals surface area (Å²) < 4.78 is 6.52. The van der Waals surface area contributed by atoms with Crippen molar-refractivity contribution in [3.8, 4) is 0 Å². The Morgan fingerprint density at radius 1 is 0.737 bits per heavy atom. The van der Waals surface area contributed by atoms with E-state index in [2.05, 4.69) is 67.2 Å². The SMILES string of the molecule is CC(C)[CH2][Al]([CH2]C(C)C)[O]C(C)N(C(C)C)C(C)C. The number of nitrogens with zero attached hydrogens (tertiary/aromatic N) is 1. The van der Waals surface area contributed by atoms with Crippen molar-refractivity contribution in [3.63, 3.8) is 0 Å². The van der Waals surface area contributed by atoms with Crippen LogP contribution in [0.15, 0.2) is 0 Å². The zero-order valence-electron chi connectivity index (χ0n) is 14.7. The van der Waals surface area contributed by atoms with Gasteiger partial charge in [-0.1, -0.05) is 50.1 Å². The van der Waals surface area contributed by atoms with Gasteiger partial charge in [-0.05, 0) is 34.6 Å². The predicted molar refractivity (Wildman–Crippen MR) is 87.7 cm³/mol. The summed E-state index contributed by atoms with van der Waals surface area (Å²) in [6, 6.07) is 1.09. The molecular formula is C16H36AlNO. The van der Waals surface area contributed by atoms with Crippen LogP contribution < -0.4 is 0 Å². The smallest absolute Gasteiger partial charge is 0.462 e. The van der Waals surface area contributed by atoms with Crippen LogP contribution in [0.1, 0.15) is 62.3 Å². The minimum atomic E-state index is -1.09. The maximum Gasteiger partial charge on any atom is 0.462 e.